The number of amides is 1. The number of hydrogen-bond acceptors (Lipinski definition) is 8. The van der Waals surface area contributed by atoms with Crippen molar-refractivity contribution in [3.63, 3.8) is 0 Å². The van der Waals surface area contributed by atoms with Crippen molar-refractivity contribution in [2.45, 2.75) is 39.0 Å². The Bertz CT molecular complexity index is 1030. The quantitative estimate of drug-likeness (QED) is 0.587. The van der Waals surface area contributed by atoms with Crippen molar-refractivity contribution >= 4 is 38.1 Å². The van der Waals surface area contributed by atoms with Crippen molar-refractivity contribution in [1.82, 2.24) is 14.5 Å². The molecule has 176 valence electrons. The van der Waals surface area contributed by atoms with Crippen LogP contribution in [0.25, 0.3) is 0 Å². The Balaban J connectivity index is 1.96. The van der Waals surface area contributed by atoms with E-state index in [1.165, 1.54) is 21.7 Å². The summed E-state index contributed by atoms with van der Waals surface area (Å²) in [6.07, 6.45) is 0.782. The molecular formula is C21H31N5O4S2. The van der Waals surface area contributed by atoms with Crippen LogP contribution in [0.4, 0.5) is 10.8 Å². The summed E-state index contributed by atoms with van der Waals surface area (Å²) in [4.78, 5) is 15.4. The van der Waals surface area contributed by atoms with Crippen molar-refractivity contribution in [1.29, 1.82) is 0 Å². The topological polar surface area (TPSA) is 105 Å². The Labute approximate surface area is 193 Å². The molecule has 1 N–H and O–H groups in total. The zero-order valence-electron chi connectivity index (χ0n) is 19.0. The number of aromatic nitrogens is 2. The molecule has 0 aliphatic carbocycles. The summed E-state index contributed by atoms with van der Waals surface area (Å²) in [6.45, 7) is 10.8. The number of hydrogen-bond donors (Lipinski definition) is 1. The number of sulfonamides is 1. The Morgan fingerprint density at radius 1 is 1.22 bits per heavy atom. The lowest BCUT2D eigenvalue weighted by molar-refractivity contribution is 0.102. The number of anilines is 2. The molecule has 2 aromatic rings. The zero-order valence-corrected chi connectivity index (χ0v) is 20.6. The van der Waals surface area contributed by atoms with Crippen LogP contribution in [0, 0.1) is 5.92 Å². The number of benzene rings is 1. The van der Waals surface area contributed by atoms with Gasteiger partial charge in [-0.3, -0.25) is 10.1 Å². The van der Waals surface area contributed by atoms with Gasteiger partial charge >= 0.3 is 0 Å². The third-order valence-electron chi connectivity index (χ3n) is 5.18. The number of carbonyl (C=O) groups is 1. The predicted molar refractivity (Wildman–Crippen MR) is 126 cm³/mol. The smallest absolute Gasteiger partial charge is 0.259 e. The molecule has 1 amide bonds. The molecule has 0 saturated carbocycles. The second-order valence-electron chi connectivity index (χ2n) is 7.92. The summed E-state index contributed by atoms with van der Waals surface area (Å²) in [5.74, 6) is 0.0247. The first kappa shape index (κ1) is 24.6. The molecule has 0 bridgehead atoms. The minimum absolute atomic E-state index is 0.0983. The molecule has 3 rings (SSSR count). The van der Waals surface area contributed by atoms with Crippen molar-refractivity contribution in [2.24, 2.45) is 5.92 Å². The lowest BCUT2D eigenvalue weighted by atomic mass is 10.1. The van der Waals surface area contributed by atoms with Crippen molar-refractivity contribution in [2.75, 3.05) is 49.6 Å². The van der Waals surface area contributed by atoms with E-state index in [-0.39, 0.29) is 4.90 Å². The summed E-state index contributed by atoms with van der Waals surface area (Å²) < 4.78 is 32.9. The lowest BCUT2D eigenvalue weighted by Gasteiger charge is -2.30. The van der Waals surface area contributed by atoms with Gasteiger partial charge in [-0.15, -0.1) is 10.2 Å². The summed E-state index contributed by atoms with van der Waals surface area (Å²) in [5.41, 5.74) is 0.969. The minimum atomic E-state index is -3.70. The van der Waals surface area contributed by atoms with E-state index in [2.05, 4.69) is 29.4 Å². The summed E-state index contributed by atoms with van der Waals surface area (Å²) in [5, 5.41) is 12.3. The fraction of sp³-hybridized carbons (Fsp3) is 0.571. The highest BCUT2D eigenvalue weighted by Gasteiger charge is 2.26. The van der Waals surface area contributed by atoms with Gasteiger partial charge in [-0.1, -0.05) is 39.0 Å². The first-order valence-electron chi connectivity index (χ1n) is 10.9. The van der Waals surface area contributed by atoms with Gasteiger partial charge in [0, 0.05) is 38.3 Å². The number of rotatable bonds is 9. The molecule has 11 heteroatoms. The highest BCUT2D eigenvalue weighted by atomic mass is 32.2. The second kappa shape index (κ2) is 10.7. The van der Waals surface area contributed by atoms with E-state index in [0.29, 0.717) is 61.7 Å². The molecule has 1 fully saturated rings. The third-order valence-corrected chi connectivity index (χ3v) is 8.08. The highest BCUT2D eigenvalue weighted by molar-refractivity contribution is 7.89. The molecule has 0 unspecified atom stereocenters. The van der Waals surface area contributed by atoms with Crippen LogP contribution in [0.15, 0.2) is 23.1 Å². The lowest BCUT2D eigenvalue weighted by Crippen LogP contribution is -2.37. The van der Waals surface area contributed by atoms with Gasteiger partial charge in [-0.2, -0.15) is 4.31 Å². The fourth-order valence-electron chi connectivity index (χ4n) is 3.55. The van der Waals surface area contributed by atoms with E-state index in [0.717, 1.165) is 11.4 Å². The molecule has 1 aromatic carbocycles. The van der Waals surface area contributed by atoms with Crippen LogP contribution in [0.1, 0.15) is 43.1 Å². The van der Waals surface area contributed by atoms with Gasteiger partial charge in [0.25, 0.3) is 5.91 Å². The molecule has 0 spiro atoms. The molecule has 1 saturated heterocycles. The van der Waals surface area contributed by atoms with Gasteiger partial charge in [0.05, 0.1) is 23.7 Å². The molecule has 0 radical (unpaired) electrons. The van der Waals surface area contributed by atoms with Crippen LogP contribution in [0.3, 0.4) is 0 Å². The van der Waals surface area contributed by atoms with E-state index in [1.807, 2.05) is 4.90 Å². The Kier molecular flexibility index (Phi) is 8.21. The van der Waals surface area contributed by atoms with Crippen LogP contribution in [0.2, 0.25) is 0 Å². The third kappa shape index (κ3) is 5.64. The maximum Gasteiger partial charge on any atom is 0.259 e. The summed E-state index contributed by atoms with van der Waals surface area (Å²) in [6, 6.07) is 4.74. The molecule has 0 atom stereocenters. The van der Waals surface area contributed by atoms with Gasteiger partial charge in [-0.25, -0.2) is 8.42 Å². The number of carbonyl (C=O) groups excluding carboxylic acids is 1. The van der Waals surface area contributed by atoms with Crippen molar-refractivity contribution in [3.05, 3.63) is 28.8 Å². The van der Waals surface area contributed by atoms with Gasteiger partial charge in [0.1, 0.15) is 5.01 Å². The number of ether oxygens (including phenoxy) is 1. The van der Waals surface area contributed by atoms with Crippen LogP contribution in [-0.2, 0) is 21.2 Å². The van der Waals surface area contributed by atoms with Gasteiger partial charge < -0.3 is 9.64 Å². The van der Waals surface area contributed by atoms with E-state index in [9.17, 15) is 13.2 Å². The Morgan fingerprint density at radius 3 is 2.53 bits per heavy atom. The molecule has 1 aliphatic rings. The number of morpholine rings is 1. The molecule has 9 nitrogen and oxygen atoms in total. The van der Waals surface area contributed by atoms with E-state index in [4.69, 9.17) is 4.74 Å². The van der Waals surface area contributed by atoms with Gasteiger partial charge in [-0.05, 0) is 24.1 Å². The zero-order chi connectivity index (χ0) is 23.3. The van der Waals surface area contributed by atoms with Crippen LogP contribution in [0.5, 0.6) is 0 Å². The first-order valence-corrected chi connectivity index (χ1v) is 13.1. The Morgan fingerprint density at radius 2 is 1.91 bits per heavy atom. The molecule has 32 heavy (non-hydrogen) atoms. The normalized spacial score (nSPS) is 14.9. The summed E-state index contributed by atoms with van der Waals surface area (Å²) >= 11 is 1.33. The van der Waals surface area contributed by atoms with Crippen LogP contribution in [-0.4, -0.2) is 68.2 Å². The average Bonchev–Trinajstić information content (AvgIpc) is 3.20. The van der Waals surface area contributed by atoms with Crippen molar-refractivity contribution in [3.8, 4) is 0 Å². The second-order valence-corrected chi connectivity index (χ2v) is 10.9. The Hall–Kier alpha value is -2.08. The minimum Gasteiger partial charge on any atom is -0.378 e. The fourth-order valence-corrected chi connectivity index (χ4v) is 5.98. The largest absolute Gasteiger partial charge is 0.378 e. The van der Waals surface area contributed by atoms with Gasteiger partial charge in [0.15, 0.2) is 0 Å². The van der Waals surface area contributed by atoms with E-state index < -0.39 is 15.9 Å². The maximum absolute atomic E-state index is 13.3. The summed E-state index contributed by atoms with van der Waals surface area (Å²) in [7, 11) is -3.70. The van der Waals surface area contributed by atoms with E-state index >= 15 is 0 Å². The molecule has 1 aromatic heterocycles. The van der Waals surface area contributed by atoms with Crippen molar-refractivity contribution < 1.29 is 17.9 Å². The highest BCUT2D eigenvalue weighted by Crippen LogP contribution is 2.28. The average molecular weight is 482 g/mol. The standard InChI is InChI=1S/C21H31N5O4S2/c1-5-26(6-2)32(28,29)16-7-8-18(25-9-11-30-12-10-25)17(14-16)20(27)22-21-24-23-19(31-21)13-15(3)4/h7-8,14-15H,5-6,9-13H2,1-4H3,(H,22,24,27). The monoisotopic (exact) mass is 481 g/mol. The molecule has 1 aliphatic heterocycles. The predicted octanol–water partition coefficient (Wildman–Crippen LogP) is 2.86. The van der Waals surface area contributed by atoms with Crippen LogP contribution >= 0.6 is 11.3 Å². The molecular weight excluding hydrogens is 450 g/mol. The maximum atomic E-state index is 13.3. The molecule has 2 heterocycles. The SMILES string of the molecule is CCN(CC)S(=O)(=O)c1ccc(N2CCOCC2)c(C(=O)Nc2nnc(CC(C)C)s2)c1. The van der Waals surface area contributed by atoms with Crippen LogP contribution < -0.4 is 10.2 Å². The number of nitrogens with one attached hydrogen (secondary N) is 1. The first-order chi connectivity index (χ1) is 15.3. The number of nitrogens with zero attached hydrogens (tertiary/aromatic N) is 4. The van der Waals surface area contributed by atoms with E-state index in [1.54, 1.807) is 26.0 Å². The van der Waals surface area contributed by atoms with Gasteiger partial charge in [0.2, 0.25) is 15.2 Å².